The highest BCUT2D eigenvalue weighted by Gasteiger charge is 2.41. The third-order valence-corrected chi connectivity index (χ3v) is 9.48. The molecule has 0 unspecified atom stereocenters. The summed E-state index contributed by atoms with van der Waals surface area (Å²) in [5.41, 5.74) is 2.81. The van der Waals surface area contributed by atoms with Crippen molar-refractivity contribution in [1.82, 2.24) is 14.7 Å². The Morgan fingerprint density at radius 1 is 1.00 bits per heavy atom. The number of hydrogen-bond acceptors (Lipinski definition) is 3. The summed E-state index contributed by atoms with van der Waals surface area (Å²) < 4.78 is 14.4. The molecule has 4 nitrogen and oxygen atoms in total. The van der Waals surface area contributed by atoms with E-state index in [0.717, 1.165) is 25.4 Å². The predicted molar refractivity (Wildman–Crippen MR) is 149 cm³/mol. The molecule has 3 aliphatic heterocycles. The number of benzene rings is 2. The van der Waals surface area contributed by atoms with Gasteiger partial charge in [-0.15, -0.1) is 0 Å². The van der Waals surface area contributed by atoms with Crippen LogP contribution in [0.5, 0.6) is 0 Å². The lowest BCUT2D eigenvalue weighted by Crippen LogP contribution is -2.47. The summed E-state index contributed by atoms with van der Waals surface area (Å²) in [6.07, 6.45) is 8.64. The van der Waals surface area contributed by atoms with Gasteiger partial charge in [-0.05, 0) is 95.9 Å². The quantitative estimate of drug-likeness (QED) is 0.454. The molecular formula is C31H41ClFN3O. The number of nitrogens with zero attached hydrogens (tertiary/aromatic N) is 3. The van der Waals surface area contributed by atoms with Crippen molar-refractivity contribution in [3.05, 3.63) is 70.0 Å². The minimum atomic E-state index is -0.405. The lowest BCUT2D eigenvalue weighted by Gasteiger charge is -2.41. The largest absolute Gasteiger partial charge is 0.341 e. The molecular weight excluding hydrogens is 485 g/mol. The van der Waals surface area contributed by atoms with E-state index < -0.39 is 5.82 Å². The minimum Gasteiger partial charge on any atom is -0.341 e. The van der Waals surface area contributed by atoms with Gasteiger partial charge in [0.2, 0.25) is 5.91 Å². The van der Waals surface area contributed by atoms with Crippen molar-refractivity contribution in [1.29, 1.82) is 0 Å². The highest BCUT2D eigenvalue weighted by Crippen LogP contribution is 2.39. The van der Waals surface area contributed by atoms with Gasteiger partial charge in [0.25, 0.3) is 0 Å². The van der Waals surface area contributed by atoms with Gasteiger partial charge in [0.05, 0.1) is 6.42 Å². The smallest absolute Gasteiger partial charge is 0.227 e. The van der Waals surface area contributed by atoms with Crippen molar-refractivity contribution in [3.8, 4) is 0 Å². The van der Waals surface area contributed by atoms with Crippen molar-refractivity contribution in [3.63, 3.8) is 0 Å². The molecule has 0 aliphatic carbocycles. The van der Waals surface area contributed by atoms with Gasteiger partial charge < -0.3 is 14.7 Å². The van der Waals surface area contributed by atoms with Crippen molar-refractivity contribution in [2.45, 2.75) is 69.7 Å². The maximum atomic E-state index is 14.4. The SMILES string of the molecule is Cc1ccc([C@]2(CCN3CCC(N4CCCCC4)CC3)CCN(C(=O)Cc3c(F)cccc3Cl)C2)cc1. The lowest BCUT2D eigenvalue weighted by molar-refractivity contribution is -0.129. The minimum absolute atomic E-state index is 0.0134. The first-order chi connectivity index (χ1) is 17.9. The number of likely N-dealkylation sites (tertiary alicyclic amines) is 3. The molecule has 3 saturated heterocycles. The van der Waals surface area contributed by atoms with Crippen LogP contribution in [-0.2, 0) is 16.6 Å². The van der Waals surface area contributed by atoms with Crippen molar-refractivity contribution in [2.75, 3.05) is 45.8 Å². The number of piperidine rings is 2. The fourth-order valence-electron chi connectivity index (χ4n) is 6.70. The monoisotopic (exact) mass is 525 g/mol. The summed E-state index contributed by atoms with van der Waals surface area (Å²) in [5.74, 6) is -0.443. The molecule has 37 heavy (non-hydrogen) atoms. The van der Waals surface area contributed by atoms with Gasteiger partial charge in [-0.2, -0.15) is 0 Å². The van der Waals surface area contributed by atoms with Gasteiger partial charge in [-0.1, -0.05) is 53.9 Å². The second-order valence-electron chi connectivity index (χ2n) is 11.5. The zero-order valence-corrected chi connectivity index (χ0v) is 23.0. The zero-order chi connectivity index (χ0) is 25.8. The number of amides is 1. The molecule has 6 heteroatoms. The number of hydrogen-bond donors (Lipinski definition) is 0. The molecule has 1 atom stereocenters. The van der Waals surface area contributed by atoms with Crippen molar-refractivity contribution in [2.24, 2.45) is 0 Å². The molecule has 3 heterocycles. The van der Waals surface area contributed by atoms with Gasteiger partial charge >= 0.3 is 0 Å². The van der Waals surface area contributed by atoms with E-state index in [2.05, 4.69) is 41.0 Å². The van der Waals surface area contributed by atoms with Crippen LogP contribution in [0.1, 0.15) is 61.6 Å². The Morgan fingerprint density at radius 3 is 2.43 bits per heavy atom. The molecule has 0 N–H and O–H groups in total. The Labute approximate surface area is 226 Å². The maximum absolute atomic E-state index is 14.4. The number of halogens is 2. The summed E-state index contributed by atoms with van der Waals surface area (Å²) in [4.78, 5) is 20.6. The standard InChI is InChI=1S/C31H41ClFN3O/c1-24-8-10-25(11-9-24)31(14-20-34-18-12-26(13-19-34)35-16-3-2-4-17-35)15-21-36(23-31)30(37)22-27-28(32)6-5-7-29(27)33/h5-11,26H,2-4,12-23H2,1H3/t31-/m1/s1. The number of carbonyl (C=O) groups is 1. The van der Waals surface area contributed by atoms with E-state index in [-0.39, 0.29) is 17.7 Å². The molecule has 0 saturated carbocycles. The van der Waals surface area contributed by atoms with Gasteiger partial charge in [0, 0.05) is 35.1 Å². The average molecular weight is 526 g/mol. The van der Waals surface area contributed by atoms with E-state index in [0.29, 0.717) is 23.7 Å². The average Bonchev–Trinajstić information content (AvgIpc) is 3.37. The fourth-order valence-corrected chi connectivity index (χ4v) is 6.93. The zero-order valence-electron chi connectivity index (χ0n) is 22.2. The molecule has 3 aliphatic rings. The molecule has 5 rings (SSSR count). The molecule has 2 aromatic rings. The van der Waals surface area contributed by atoms with E-state index in [1.807, 2.05) is 4.90 Å². The highest BCUT2D eigenvalue weighted by molar-refractivity contribution is 6.31. The number of aryl methyl sites for hydroxylation is 1. The Bertz CT molecular complexity index is 1040. The second kappa shape index (κ2) is 11.8. The van der Waals surface area contributed by atoms with Crippen LogP contribution in [-0.4, -0.2) is 72.5 Å². The molecule has 0 radical (unpaired) electrons. The molecule has 200 valence electrons. The van der Waals surface area contributed by atoms with Crippen LogP contribution in [0.3, 0.4) is 0 Å². The number of rotatable bonds is 7. The Balaban J connectivity index is 1.24. The first-order valence-corrected chi connectivity index (χ1v) is 14.6. The summed E-state index contributed by atoms with van der Waals surface area (Å²) >= 11 is 6.22. The molecule has 1 amide bonds. The lowest BCUT2D eigenvalue weighted by atomic mass is 9.76. The van der Waals surface area contributed by atoms with E-state index in [1.54, 1.807) is 12.1 Å². The summed E-state index contributed by atoms with van der Waals surface area (Å²) in [6.45, 7) is 9.46. The van der Waals surface area contributed by atoms with Crippen LogP contribution in [0.15, 0.2) is 42.5 Å². The van der Waals surface area contributed by atoms with Crippen LogP contribution in [0, 0.1) is 12.7 Å². The van der Waals surface area contributed by atoms with E-state index >= 15 is 0 Å². The van der Waals surface area contributed by atoms with Crippen LogP contribution >= 0.6 is 11.6 Å². The molecule has 2 aromatic carbocycles. The predicted octanol–water partition coefficient (Wildman–Crippen LogP) is 5.84. The van der Waals surface area contributed by atoms with E-state index in [1.165, 1.54) is 75.5 Å². The molecule has 0 aromatic heterocycles. The fraction of sp³-hybridized carbons (Fsp3) is 0.581. The normalized spacial score (nSPS) is 24.0. The van der Waals surface area contributed by atoms with Crippen LogP contribution in [0.25, 0.3) is 0 Å². The van der Waals surface area contributed by atoms with E-state index in [9.17, 15) is 9.18 Å². The maximum Gasteiger partial charge on any atom is 0.227 e. The van der Waals surface area contributed by atoms with Crippen LogP contribution < -0.4 is 0 Å². The van der Waals surface area contributed by atoms with Gasteiger partial charge in [-0.3, -0.25) is 4.79 Å². The van der Waals surface area contributed by atoms with Crippen LogP contribution in [0.2, 0.25) is 5.02 Å². The number of carbonyl (C=O) groups excluding carboxylic acids is 1. The third kappa shape index (κ3) is 6.21. The summed E-state index contributed by atoms with van der Waals surface area (Å²) in [6, 6.07) is 14.2. The van der Waals surface area contributed by atoms with Crippen molar-refractivity contribution >= 4 is 17.5 Å². The van der Waals surface area contributed by atoms with Crippen molar-refractivity contribution < 1.29 is 9.18 Å². The Kier molecular flexibility index (Phi) is 8.53. The molecule has 0 spiro atoms. The van der Waals surface area contributed by atoms with Gasteiger partial charge in [0.1, 0.15) is 5.82 Å². The first kappa shape index (κ1) is 26.6. The Morgan fingerprint density at radius 2 is 1.73 bits per heavy atom. The highest BCUT2D eigenvalue weighted by atomic mass is 35.5. The first-order valence-electron chi connectivity index (χ1n) is 14.2. The van der Waals surface area contributed by atoms with Crippen LogP contribution in [0.4, 0.5) is 4.39 Å². The third-order valence-electron chi connectivity index (χ3n) is 9.13. The summed E-state index contributed by atoms with van der Waals surface area (Å²) in [5, 5.41) is 0.324. The van der Waals surface area contributed by atoms with Gasteiger partial charge in [0.15, 0.2) is 0 Å². The summed E-state index contributed by atoms with van der Waals surface area (Å²) in [7, 11) is 0. The van der Waals surface area contributed by atoms with Gasteiger partial charge in [-0.25, -0.2) is 4.39 Å². The second-order valence-corrected chi connectivity index (χ2v) is 11.9. The molecule has 3 fully saturated rings. The topological polar surface area (TPSA) is 26.8 Å². The molecule has 0 bridgehead atoms. The Hall–Kier alpha value is -1.95. The van der Waals surface area contributed by atoms with E-state index in [4.69, 9.17) is 11.6 Å².